The first-order valence-electron chi connectivity index (χ1n) is 4.55. The summed E-state index contributed by atoms with van der Waals surface area (Å²) in [5.74, 6) is -0.380. The SMILES string of the molecule is C=C(C(=O)CC)c1cc(F)ccc1C. The van der Waals surface area contributed by atoms with E-state index in [1.807, 2.05) is 6.92 Å². The second kappa shape index (κ2) is 4.18. The van der Waals surface area contributed by atoms with E-state index in [-0.39, 0.29) is 11.6 Å². The standard InChI is InChI=1S/C12H13FO/c1-4-12(14)9(3)11-7-10(13)6-5-8(11)2/h5-7H,3-4H2,1-2H3. The molecule has 0 aliphatic carbocycles. The maximum Gasteiger partial charge on any atom is 0.162 e. The van der Waals surface area contributed by atoms with Crippen molar-refractivity contribution in [3.63, 3.8) is 0 Å². The molecular formula is C12H13FO. The minimum absolute atomic E-state index is 0.0429. The van der Waals surface area contributed by atoms with Crippen molar-refractivity contribution in [2.24, 2.45) is 0 Å². The fourth-order valence-electron chi connectivity index (χ4n) is 1.28. The van der Waals surface area contributed by atoms with Gasteiger partial charge in [0.05, 0.1) is 0 Å². The first-order chi connectivity index (χ1) is 6.56. The average molecular weight is 192 g/mol. The highest BCUT2D eigenvalue weighted by Gasteiger charge is 2.10. The molecule has 0 unspecified atom stereocenters. The number of halogens is 1. The Labute approximate surface area is 83.3 Å². The zero-order valence-corrected chi connectivity index (χ0v) is 8.43. The van der Waals surface area contributed by atoms with Gasteiger partial charge in [-0.1, -0.05) is 19.6 Å². The Balaban J connectivity index is 3.12. The molecule has 0 heterocycles. The highest BCUT2D eigenvalue weighted by molar-refractivity contribution is 6.20. The highest BCUT2D eigenvalue weighted by atomic mass is 19.1. The molecule has 0 aromatic heterocycles. The molecule has 0 spiro atoms. The van der Waals surface area contributed by atoms with Crippen molar-refractivity contribution < 1.29 is 9.18 Å². The summed E-state index contributed by atoms with van der Waals surface area (Å²) in [4.78, 5) is 11.4. The summed E-state index contributed by atoms with van der Waals surface area (Å²) in [5, 5.41) is 0. The van der Waals surface area contributed by atoms with E-state index in [9.17, 15) is 9.18 Å². The van der Waals surface area contributed by atoms with Crippen LogP contribution in [0.15, 0.2) is 24.8 Å². The lowest BCUT2D eigenvalue weighted by atomic mass is 9.97. The van der Waals surface area contributed by atoms with E-state index >= 15 is 0 Å². The van der Waals surface area contributed by atoms with Gasteiger partial charge in [0, 0.05) is 12.0 Å². The summed E-state index contributed by atoms with van der Waals surface area (Å²) in [5.41, 5.74) is 1.87. The average Bonchev–Trinajstić information content (AvgIpc) is 2.19. The number of carbonyl (C=O) groups is 1. The van der Waals surface area contributed by atoms with E-state index in [2.05, 4.69) is 6.58 Å². The molecule has 1 aromatic rings. The molecule has 0 fully saturated rings. The predicted octanol–water partition coefficient (Wildman–Crippen LogP) is 3.13. The Morgan fingerprint density at radius 2 is 2.14 bits per heavy atom. The molecule has 0 aliphatic rings. The van der Waals surface area contributed by atoms with Crippen LogP contribution in [0.2, 0.25) is 0 Å². The van der Waals surface area contributed by atoms with Gasteiger partial charge in [-0.2, -0.15) is 0 Å². The molecule has 0 atom stereocenters. The van der Waals surface area contributed by atoms with Crippen LogP contribution in [-0.2, 0) is 4.79 Å². The number of ketones is 1. The van der Waals surface area contributed by atoms with Crippen LogP contribution >= 0.6 is 0 Å². The molecule has 2 heteroatoms. The predicted molar refractivity (Wildman–Crippen MR) is 55.5 cm³/mol. The number of carbonyl (C=O) groups excluding carboxylic acids is 1. The summed E-state index contributed by atoms with van der Waals surface area (Å²) in [6.07, 6.45) is 0.398. The number of rotatable bonds is 3. The van der Waals surface area contributed by atoms with E-state index in [0.29, 0.717) is 17.6 Å². The Kier molecular flexibility index (Phi) is 3.18. The van der Waals surface area contributed by atoms with Crippen molar-refractivity contribution in [2.75, 3.05) is 0 Å². The zero-order chi connectivity index (χ0) is 10.7. The third kappa shape index (κ3) is 2.08. The molecule has 0 bridgehead atoms. The third-order valence-corrected chi connectivity index (χ3v) is 2.18. The molecule has 0 radical (unpaired) electrons. The maximum atomic E-state index is 12.9. The topological polar surface area (TPSA) is 17.1 Å². The minimum Gasteiger partial charge on any atom is -0.294 e. The molecule has 1 aromatic carbocycles. The summed E-state index contributed by atoms with van der Waals surface area (Å²) < 4.78 is 12.9. The van der Waals surface area contributed by atoms with Gasteiger partial charge in [0.2, 0.25) is 0 Å². The van der Waals surface area contributed by atoms with Crippen LogP contribution in [0, 0.1) is 12.7 Å². The largest absolute Gasteiger partial charge is 0.294 e. The van der Waals surface area contributed by atoms with Gasteiger partial charge in [-0.25, -0.2) is 4.39 Å². The summed E-state index contributed by atoms with van der Waals surface area (Å²) in [6.45, 7) is 7.28. The number of Topliss-reactive ketones (excluding diaryl/α,β-unsaturated/α-hetero) is 1. The summed E-state index contributed by atoms with van der Waals surface area (Å²) in [7, 11) is 0. The number of hydrogen-bond acceptors (Lipinski definition) is 1. The molecule has 74 valence electrons. The van der Waals surface area contributed by atoms with Crippen molar-refractivity contribution in [2.45, 2.75) is 20.3 Å². The lowest BCUT2D eigenvalue weighted by Crippen LogP contribution is -2.00. The van der Waals surface area contributed by atoms with Crippen molar-refractivity contribution in [3.05, 3.63) is 41.7 Å². The van der Waals surface area contributed by atoms with Gasteiger partial charge in [0.1, 0.15) is 5.82 Å². The van der Waals surface area contributed by atoms with Crippen LogP contribution in [0.3, 0.4) is 0 Å². The normalized spacial score (nSPS) is 9.93. The smallest absolute Gasteiger partial charge is 0.162 e. The van der Waals surface area contributed by atoms with E-state index in [0.717, 1.165) is 5.56 Å². The second-order valence-electron chi connectivity index (χ2n) is 3.21. The molecule has 0 amide bonds. The highest BCUT2D eigenvalue weighted by Crippen LogP contribution is 2.20. The van der Waals surface area contributed by atoms with Crippen LogP contribution in [0.4, 0.5) is 4.39 Å². The summed E-state index contributed by atoms with van der Waals surface area (Å²) >= 11 is 0. The number of benzene rings is 1. The molecule has 14 heavy (non-hydrogen) atoms. The third-order valence-electron chi connectivity index (χ3n) is 2.18. The van der Waals surface area contributed by atoms with Gasteiger partial charge in [-0.3, -0.25) is 4.79 Å². The lowest BCUT2D eigenvalue weighted by molar-refractivity contribution is -0.113. The Morgan fingerprint density at radius 3 is 2.71 bits per heavy atom. The van der Waals surface area contributed by atoms with Crippen molar-refractivity contribution in [1.82, 2.24) is 0 Å². The number of aryl methyl sites for hydroxylation is 1. The monoisotopic (exact) mass is 192 g/mol. The van der Waals surface area contributed by atoms with Gasteiger partial charge in [-0.05, 0) is 30.2 Å². The minimum atomic E-state index is -0.337. The van der Waals surface area contributed by atoms with Gasteiger partial charge >= 0.3 is 0 Å². The first kappa shape index (κ1) is 10.6. The van der Waals surface area contributed by atoms with E-state index < -0.39 is 0 Å². The fraction of sp³-hybridized carbons (Fsp3) is 0.250. The molecule has 0 saturated carbocycles. The first-order valence-corrected chi connectivity index (χ1v) is 4.55. The van der Waals surface area contributed by atoms with Crippen LogP contribution < -0.4 is 0 Å². The van der Waals surface area contributed by atoms with E-state index in [4.69, 9.17) is 0 Å². The van der Waals surface area contributed by atoms with Crippen LogP contribution in [0.25, 0.3) is 5.57 Å². The van der Waals surface area contributed by atoms with Crippen LogP contribution in [0.1, 0.15) is 24.5 Å². The van der Waals surface area contributed by atoms with Gasteiger partial charge in [0.15, 0.2) is 5.78 Å². The lowest BCUT2D eigenvalue weighted by Gasteiger charge is -2.07. The van der Waals surface area contributed by atoms with Crippen LogP contribution in [0.5, 0.6) is 0 Å². The van der Waals surface area contributed by atoms with Crippen molar-refractivity contribution in [3.8, 4) is 0 Å². The van der Waals surface area contributed by atoms with E-state index in [1.165, 1.54) is 12.1 Å². The quantitative estimate of drug-likeness (QED) is 0.672. The van der Waals surface area contributed by atoms with Crippen molar-refractivity contribution in [1.29, 1.82) is 0 Å². The Hall–Kier alpha value is -1.44. The Bertz CT molecular complexity index is 380. The zero-order valence-electron chi connectivity index (χ0n) is 8.43. The molecule has 0 N–H and O–H groups in total. The number of allylic oxidation sites excluding steroid dienone is 1. The van der Waals surface area contributed by atoms with Crippen LogP contribution in [-0.4, -0.2) is 5.78 Å². The summed E-state index contributed by atoms with van der Waals surface area (Å²) in [6, 6.07) is 4.38. The molecule has 1 nitrogen and oxygen atoms in total. The van der Waals surface area contributed by atoms with Crippen molar-refractivity contribution >= 4 is 11.4 Å². The Morgan fingerprint density at radius 1 is 1.50 bits per heavy atom. The molecule has 0 saturated heterocycles. The molecule has 0 aliphatic heterocycles. The second-order valence-corrected chi connectivity index (χ2v) is 3.21. The van der Waals surface area contributed by atoms with Gasteiger partial charge in [0.25, 0.3) is 0 Å². The van der Waals surface area contributed by atoms with Gasteiger partial charge in [-0.15, -0.1) is 0 Å². The number of hydrogen-bond donors (Lipinski definition) is 0. The molecule has 1 rings (SSSR count). The molecular weight excluding hydrogens is 179 g/mol. The van der Waals surface area contributed by atoms with E-state index in [1.54, 1.807) is 13.0 Å². The maximum absolute atomic E-state index is 12.9. The fourth-order valence-corrected chi connectivity index (χ4v) is 1.28. The van der Waals surface area contributed by atoms with Gasteiger partial charge < -0.3 is 0 Å².